The molecular formula is C24H20BrN3O3. The first kappa shape index (κ1) is 19.8. The standard InChI is InChI=1S/C24H20BrN3O3/c1-15-18-10-11-21(31-14-16-7-5-6-12-26-16)22(25)19(18)13-20-23(29)28(24(30)27(15)20)17-8-3-2-4-9-17/h2-12,15,20H,13-14H2,1H3/t15?,20-/m0/s1. The number of pyridine rings is 1. The highest BCUT2D eigenvalue weighted by Crippen LogP contribution is 2.44. The van der Waals surface area contributed by atoms with Crippen molar-refractivity contribution in [2.24, 2.45) is 0 Å². The Morgan fingerprint density at radius 1 is 1.06 bits per heavy atom. The molecule has 0 spiro atoms. The molecule has 1 aromatic heterocycles. The second-order valence-corrected chi connectivity index (χ2v) is 8.44. The summed E-state index contributed by atoms with van der Waals surface area (Å²) in [5.41, 5.74) is 3.45. The monoisotopic (exact) mass is 477 g/mol. The molecule has 0 N–H and O–H groups in total. The molecule has 1 unspecified atom stereocenters. The molecular weight excluding hydrogens is 458 g/mol. The van der Waals surface area contributed by atoms with E-state index in [2.05, 4.69) is 20.9 Å². The summed E-state index contributed by atoms with van der Waals surface area (Å²) in [6, 6.07) is 17.6. The second-order valence-electron chi connectivity index (χ2n) is 7.65. The highest BCUT2D eigenvalue weighted by Gasteiger charge is 2.51. The first-order chi connectivity index (χ1) is 15.1. The van der Waals surface area contributed by atoms with Crippen LogP contribution in [0.25, 0.3) is 0 Å². The summed E-state index contributed by atoms with van der Waals surface area (Å²) in [6.07, 6.45) is 2.17. The van der Waals surface area contributed by atoms with Gasteiger partial charge in [-0.15, -0.1) is 0 Å². The number of imide groups is 1. The molecule has 156 valence electrons. The molecule has 3 amide bonds. The fraction of sp³-hybridized carbons (Fsp3) is 0.208. The van der Waals surface area contributed by atoms with Crippen molar-refractivity contribution in [1.82, 2.24) is 9.88 Å². The number of carbonyl (C=O) groups excluding carboxylic acids is 2. The minimum Gasteiger partial charge on any atom is -0.486 e. The third-order valence-electron chi connectivity index (χ3n) is 5.88. The van der Waals surface area contributed by atoms with Crippen LogP contribution in [0.3, 0.4) is 0 Å². The lowest BCUT2D eigenvalue weighted by atomic mass is 9.89. The number of ether oxygens (including phenoxy) is 1. The maximum atomic E-state index is 13.2. The van der Waals surface area contributed by atoms with Crippen LogP contribution >= 0.6 is 15.9 Å². The predicted octanol–water partition coefficient (Wildman–Crippen LogP) is 4.88. The Morgan fingerprint density at radius 3 is 2.58 bits per heavy atom. The van der Waals surface area contributed by atoms with Crippen molar-refractivity contribution in [1.29, 1.82) is 0 Å². The number of hydrogen-bond donors (Lipinski definition) is 0. The van der Waals surface area contributed by atoms with Gasteiger partial charge in [-0.2, -0.15) is 0 Å². The topological polar surface area (TPSA) is 62.7 Å². The normalized spacial score (nSPS) is 19.9. The second kappa shape index (κ2) is 7.81. The van der Waals surface area contributed by atoms with Crippen molar-refractivity contribution in [2.75, 3.05) is 4.90 Å². The van der Waals surface area contributed by atoms with Crippen molar-refractivity contribution >= 4 is 33.6 Å². The Morgan fingerprint density at radius 2 is 1.84 bits per heavy atom. The number of anilines is 1. The van der Waals surface area contributed by atoms with Crippen LogP contribution in [-0.2, 0) is 17.8 Å². The van der Waals surface area contributed by atoms with Gasteiger partial charge in [0.2, 0.25) is 0 Å². The molecule has 1 fully saturated rings. The number of urea groups is 1. The highest BCUT2D eigenvalue weighted by atomic mass is 79.9. The Bertz CT molecular complexity index is 1150. The molecule has 0 radical (unpaired) electrons. The first-order valence-corrected chi connectivity index (χ1v) is 10.9. The summed E-state index contributed by atoms with van der Waals surface area (Å²) >= 11 is 3.69. The number of para-hydroxylation sites is 1. The fourth-order valence-electron chi connectivity index (χ4n) is 4.35. The molecule has 31 heavy (non-hydrogen) atoms. The van der Waals surface area contributed by atoms with E-state index in [0.29, 0.717) is 24.5 Å². The number of nitrogens with zero attached hydrogens (tertiary/aromatic N) is 3. The van der Waals surface area contributed by atoms with E-state index in [0.717, 1.165) is 21.3 Å². The third-order valence-corrected chi connectivity index (χ3v) is 6.75. The minimum atomic E-state index is -0.530. The summed E-state index contributed by atoms with van der Waals surface area (Å²) in [7, 11) is 0. The molecule has 3 aromatic rings. The van der Waals surface area contributed by atoms with E-state index in [1.807, 2.05) is 55.5 Å². The van der Waals surface area contributed by atoms with Crippen molar-refractivity contribution in [2.45, 2.75) is 32.0 Å². The molecule has 1 saturated heterocycles. The van der Waals surface area contributed by atoms with Crippen LogP contribution in [0.1, 0.15) is 29.8 Å². The van der Waals surface area contributed by atoms with Gasteiger partial charge in [0.05, 0.1) is 21.9 Å². The van der Waals surface area contributed by atoms with E-state index < -0.39 is 6.04 Å². The molecule has 7 heteroatoms. The number of amides is 3. The van der Waals surface area contributed by atoms with Crippen molar-refractivity contribution in [3.8, 4) is 5.75 Å². The lowest BCUT2D eigenvalue weighted by molar-refractivity contribution is -0.120. The Balaban J connectivity index is 1.45. The average molecular weight is 478 g/mol. The molecule has 3 heterocycles. The van der Waals surface area contributed by atoms with E-state index in [1.54, 1.807) is 23.2 Å². The van der Waals surface area contributed by atoms with Crippen molar-refractivity contribution in [3.05, 3.63) is 88.2 Å². The maximum absolute atomic E-state index is 13.2. The highest BCUT2D eigenvalue weighted by molar-refractivity contribution is 9.10. The van der Waals surface area contributed by atoms with Crippen LogP contribution in [0.2, 0.25) is 0 Å². The average Bonchev–Trinajstić information content (AvgIpc) is 3.05. The number of aromatic nitrogens is 1. The van der Waals surface area contributed by atoms with Gasteiger partial charge in [-0.3, -0.25) is 9.78 Å². The Hall–Kier alpha value is -3.19. The number of benzene rings is 2. The van der Waals surface area contributed by atoms with Gasteiger partial charge in [-0.1, -0.05) is 30.3 Å². The van der Waals surface area contributed by atoms with Gasteiger partial charge in [0.25, 0.3) is 5.91 Å². The minimum absolute atomic E-state index is 0.194. The zero-order valence-corrected chi connectivity index (χ0v) is 18.5. The van der Waals surface area contributed by atoms with Gasteiger partial charge < -0.3 is 9.64 Å². The van der Waals surface area contributed by atoms with Crippen LogP contribution in [0.5, 0.6) is 5.75 Å². The zero-order valence-electron chi connectivity index (χ0n) is 16.9. The van der Waals surface area contributed by atoms with Crippen LogP contribution in [0.15, 0.2) is 71.3 Å². The van der Waals surface area contributed by atoms with E-state index in [-0.39, 0.29) is 18.0 Å². The van der Waals surface area contributed by atoms with Crippen LogP contribution in [0.4, 0.5) is 10.5 Å². The van der Waals surface area contributed by atoms with E-state index in [9.17, 15) is 9.59 Å². The molecule has 2 aromatic carbocycles. The summed E-state index contributed by atoms with van der Waals surface area (Å²) < 4.78 is 6.81. The van der Waals surface area contributed by atoms with Gasteiger partial charge in [0.15, 0.2) is 0 Å². The molecule has 6 nitrogen and oxygen atoms in total. The number of fused-ring (bicyclic) bond motifs is 2. The molecule has 2 aliphatic rings. The molecule has 0 bridgehead atoms. The van der Waals surface area contributed by atoms with Gasteiger partial charge in [-0.25, -0.2) is 9.69 Å². The molecule has 0 saturated carbocycles. The largest absolute Gasteiger partial charge is 0.486 e. The number of carbonyl (C=O) groups is 2. The SMILES string of the molecule is CC1c2ccc(OCc3ccccn3)c(Br)c2C[C@H]2C(=O)N(c3ccccc3)C(=O)N12. The molecule has 2 atom stereocenters. The van der Waals surface area contributed by atoms with Gasteiger partial charge in [0, 0.05) is 12.6 Å². The Labute approximate surface area is 188 Å². The summed E-state index contributed by atoms with van der Waals surface area (Å²) in [5.74, 6) is 0.502. The van der Waals surface area contributed by atoms with Crippen LogP contribution in [-0.4, -0.2) is 27.9 Å². The smallest absolute Gasteiger partial charge is 0.332 e. The third kappa shape index (κ3) is 3.29. The van der Waals surface area contributed by atoms with Crippen molar-refractivity contribution < 1.29 is 14.3 Å². The summed E-state index contributed by atoms with van der Waals surface area (Å²) in [6.45, 7) is 2.31. The van der Waals surface area contributed by atoms with E-state index in [1.165, 1.54) is 4.90 Å². The summed E-state index contributed by atoms with van der Waals surface area (Å²) in [5, 5.41) is 0. The number of halogens is 1. The van der Waals surface area contributed by atoms with Crippen molar-refractivity contribution in [3.63, 3.8) is 0 Å². The van der Waals surface area contributed by atoms with Crippen LogP contribution < -0.4 is 9.64 Å². The molecule has 2 aliphatic heterocycles. The van der Waals surface area contributed by atoms with E-state index in [4.69, 9.17) is 4.74 Å². The number of rotatable bonds is 4. The summed E-state index contributed by atoms with van der Waals surface area (Å²) in [4.78, 5) is 33.7. The predicted molar refractivity (Wildman–Crippen MR) is 120 cm³/mol. The van der Waals surface area contributed by atoms with Gasteiger partial charge in [0.1, 0.15) is 18.4 Å². The van der Waals surface area contributed by atoms with Gasteiger partial charge in [-0.05, 0) is 64.3 Å². The lowest BCUT2D eigenvalue weighted by Gasteiger charge is -2.36. The quantitative estimate of drug-likeness (QED) is 0.502. The van der Waals surface area contributed by atoms with Gasteiger partial charge >= 0.3 is 6.03 Å². The van der Waals surface area contributed by atoms with Crippen LogP contribution in [0, 0.1) is 0 Å². The lowest BCUT2D eigenvalue weighted by Crippen LogP contribution is -2.42. The zero-order chi connectivity index (χ0) is 21.5. The fourth-order valence-corrected chi connectivity index (χ4v) is 4.99. The molecule has 0 aliphatic carbocycles. The molecule has 5 rings (SSSR count). The Kier molecular flexibility index (Phi) is 4.98. The maximum Gasteiger partial charge on any atom is 0.332 e. The van der Waals surface area contributed by atoms with E-state index >= 15 is 0 Å². The number of hydrogen-bond acceptors (Lipinski definition) is 4. The first-order valence-electron chi connectivity index (χ1n) is 10.1.